The van der Waals surface area contributed by atoms with Crippen LogP contribution < -0.4 is 4.74 Å². The molecule has 2 aliphatic rings. The van der Waals surface area contributed by atoms with Gasteiger partial charge in [0.25, 0.3) is 0 Å². The van der Waals surface area contributed by atoms with Crippen LogP contribution in [0.15, 0.2) is 71.4 Å². The van der Waals surface area contributed by atoms with E-state index < -0.39 is 62.8 Å². The average Bonchev–Trinajstić information content (AvgIpc) is 3.51. The Balaban J connectivity index is 2.36. The lowest BCUT2D eigenvalue weighted by molar-refractivity contribution is -0.335. The van der Waals surface area contributed by atoms with E-state index in [1.165, 1.54) is 5.57 Å². The van der Waals surface area contributed by atoms with Crippen LogP contribution in [0.25, 0.3) is 0 Å². The Kier molecular flexibility index (Phi) is 24.9. The minimum atomic E-state index is -2.45. The third kappa shape index (κ3) is 18.0. The minimum absolute atomic E-state index is 0.00423. The monoisotopic (exact) mass is 1180 g/mol. The van der Waals surface area contributed by atoms with Gasteiger partial charge in [0.2, 0.25) is 0 Å². The van der Waals surface area contributed by atoms with Gasteiger partial charge in [0.15, 0.2) is 39.1 Å². The molecule has 3 rings (SSSR count). The summed E-state index contributed by atoms with van der Waals surface area (Å²) in [6, 6.07) is 10.3. The summed E-state index contributed by atoms with van der Waals surface area (Å²) >= 11 is 0. The molecule has 2 heterocycles. The van der Waals surface area contributed by atoms with Crippen LogP contribution in [0, 0.1) is 34.5 Å². The van der Waals surface area contributed by atoms with E-state index in [4.69, 9.17) is 41.4 Å². The van der Waals surface area contributed by atoms with E-state index in [0.717, 1.165) is 28.9 Å². The molecule has 0 saturated carbocycles. The fraction of sp³-hybridized carbons (Fsp3) is 0.773. The third-order valence-corrected chi connectivity index (χ3v) is 38.2. The van der Waals surface area contributed by atoms with E-state index >= 15 is 0 Å². The molecule has 2 saturated heterocycles. The number of allylic oxidation sites excluding steroid dienone is 7. The Morgan fingerprint density at radius 2 is 1.30 bits per heavy atom. The molecule has 0 unspecified atom stereocenters. The molecule has 2 fully saturated rings. The Hall–Kier alpha value is -1.98. The van der Waals surface area contributed by atoms with Crippen LogP contribution in [0.5, 0.6) is 5.75 Å². The molecule has 11 atom stereocenters. The van der Waals surface area contributed by atoms with Crippen molar-refractivity contribution >= 4 is 33.3 Å². The summed E-state index contributed by atoms with van der Waals surface area (Å²) in [4.78, 5) is 0. The number of rotatable bonds is 25. The van der Waals surface area contributed by atoms with Crippen LogP contribution in [-0.4, -0.2) is 103 Å². The molecule has 0 N–H and O–H groups in total. The van der Waals surface area contributed by atoms with Gasteiger partial charge in [-0.2, -0.15) is 5.26 Å². The van der Waals surface area contributed by atoms with Gasteiger partial charge in [-0.15, -0.1) is 0 Å². The molecule has 1 spiro atoms. The van der Waals surface area contributed by atoms with E-state index in [2.05, 4.69) is 214 Å². The molecule has 10 nitrogen and oxygen atoms in total. The highest BCUT2D eigenvalue weighted by atomic mass is 28.4. The fourth-order valence-corrected chi connectivity index (χ4v) is 15.3. The molecule has 1 aromatic carbocycles. The molecular weight excluding hydrogens is 1060 g/mol. The second-order valence-electron chi connectivity index (χ2n) is 30.7. The first-order valence-corrected chi connectivity index (χ1v) is 41.8. The van der Waals surface area contributed by atoms with Crippen molar-refractivity contribution in [1.29, 1.82) is 5.26 Å². The van der Waals surface area contributed by atoms with Crippen molar-refractivity contribution in [2.75, 3.05) is 20.8 Å². The summed E-state index contributed by atoms with van der Waals surface area (Å²) in [5.41, 5.74) is 3.60. The summed E-state index contributed by atoms with van der Waals surface area (Å²) in [6.45, 7) is 65.4. The van der Waals surface area contributed by atoms with Gasteiger partial charge in [-0.25, -0.2) is 0 Å². The lowest BCUT2D eigenvalue weighted by Crippen LogP contribution is -2.61. The van der Waals surface area contributed by atoms with Crippen molar-refractivity contribution < 1.29 is 41.4 Å². The molecule has 80 heavy (non-hydrogen) atoms. The van der Waals surface area contributed by atoms with Crippen LogP contribution in [0.2, 0.25) is 72.5 Å². The summed E-state index contributed by atoms with van der Waals surface area (Å²) in [5.74, 6) is -0.262. The van der Waals surface area contributed by atoms with Gasteiger partial charge < -0.3 is 41.4 Å². The van der Waals surface area contributed by atoms with Crippen LogP contribution in [0.1, 0.15) is 163 Å². The summed E-state index contributed by atoms with van der Waals surface area (Å²) in [6.07, 6.45) is 9.58. The average molecular weight is 1180 g/mol. The van der Waals surface area contributed by atoms with E-state index in [9.17, 15) is 5.26 Å². The summed E-state index contributed by atoms with van der Waals surface area (Å²) in [7, 11) is -5.63. The number of ether oxygens (including phenoxy) is 5. The number of nitrogens with zero attached hydrogens (tertiary/aromatic N) is 1. The van der Waals surface area contributed by atoms with E-state index in [-0.39, 0.29) is 62.3 Å². The third-order valence-electron chi connectivity index (χ3n) is 20.2. The lowest BCUT2D eigenvalue weighted by Gasteiger charge is -2.53. The van der Waals surface area contributed by atoms with Crippen molar-refractivity contribution in [2.45, 2.75) is 285 Å². The highest BCUT2D eigenvalue weighted by molar-refractivity contribution is 6.75. The van der Waals surface area contributed by atoms with Crippen LogP contribution in [-0.2, 0) is 43.3 Å². The van der Waals surface area contributed by atoms with Gasteiger partial charge >= 0.3 is 0 Å². The maximum absolute atomic E-state index is 9.18. The first kappa shape index (κ1) is 72.3. The maximum Gasteiger partial charge on any atom is 0.192 e. The normalized spacial score (nSPS) is 25.4. The number of hydrogen-bond donors (Lipinski definition) is 0. The fourth-order valence-electron chi connectivity index (χ4n) is 9.98. The Labute approximate surface area is 495 Å². The molecule has 0 aromatic heterocycles. The van der Waals surface area contributed by atoms with Gasteiger partial charge in [-0.1, -0.05) is 160 Å². The number of benzene rings is 1. The van der Waals surface area contributed by atoms with Gasteiger partial charge in [-0.05, 0) is 134 Å². The molecule has 458 valence electrons. The van der Waals surface area contributed by atoms with Gasteiger partial charge in [0.05, 0.1) is 56.4 Å². The van der Waals surface area contributed by atoms with Crippen LogP contribution in [0.4, 0.5) is 0 Å². The van der Waals surface area contributed by atoms with Crippen molar-refractivity contribution in [3.05, 3.63) is 76.9 Å². The second kappa shape index (κ2) is 27.6. The Bertz CT molecular complexity index is 2300. The van der Waals surface area contributed by atoms with Gasteiger partial charge in [-0.3, -0.25) is 0 Å². The number of methoxy groups -OCH3 is 2. The molecule has 0 amide bonds. The van der Waals surface area contributed by atoms with Gasteiger partial charge in [0.1, 0.15) is 11.9 Å². The largest absolute Gasteiger partial charge is 0.497 e. The second-order valence-corrected chi connectivity index (χ2v) is 49.8. The molecule has 0 aliphatic carbocycles. The zero-order valence-electron chi connectivity index (χ0n) is 56.6. The highest BCUT2D eigenvalue weighted by Gasteiger charge is 2.68. The van der Waals surface area contributed by atoms with Gasteiger partial charge in [0, 0.05) is 49.9 Å². The first-order chi connectivity index (χ1) is 36.2. The predicted molar refractivity (Wildman–Crippen MR) is 345 cm³/mol. The van der Waals surface area contributed by atoms with Crippen molar-refractivity contribution in [1.82, 2.24) is 0 Å². The summed E-state index contributed by atoms with van der Waals surface area (Å²) in [5, 5.41) is 9.15. The van der Waals surface area contributed by atoms with E-state index in [1.54, 1.807) is 13.2 Å². The lowest BCUT2D eigenvalue weighted by atomic mass is 9.72. The Morgan fingerprint density at radius 1 is 0.762 bits per heavy atom. The van der Waals surface area contributed by atoms with Crippen LogP contribution >= 0.6 is 0 Å². The minimum Gasteiger partial charge on any atom is -0.497 e. The standard InChI is InChI=1S/C66H119NO9Si4/c1-46(38-40-67)32-31-33-47(2)48(3)42-49(4)58(76-80(29,30)64(16,17)18)51(6)55(74-78(25,26)62(10,11)12)43-56(69-22)59-60(70-45-52-34-36-53(68-21)37-35-52)65(19,20)66(73-59)44-57(75-79(27,28)63(13,14)15)50(5)54(72-66)39-41-71-77(23,24)61(7,8)9/h31-38,42,49-51,54-60H,39,41,43-45H2,1-30H3/b32-31+,46-38-,47-33+,48-42+/t49-,50+,51-,54+,55+,56+,57-,58-,59-,60+,66-/m0/s1. The molecule has 14 heteroatoms. The molecule has 0 bridgehead atoms. The quantitative estimate of drug-likeness (QED) is 0.0534. The number of nitriles is 1. The highest BCUT2D eigenvalue weighted by Crippen LogP contribution is 2.58. The number of hydrogen-bond acceptors (Lipinski definition) is 10. The summed E-state index contributed by atoms with van der Waals surface area (Å²) < 4.78 is 65.3. The van der Waals surface area contributed by atoms with E-state index in [0.29, 0.717) is 26.1 Å². The zero-order valence-corrected chi connectivity index (χ0v) is 60.6. The van der Waals surface area contributed by atoms with Crippen molar-refractivity contribution in [3.8, 4) is 11.8 Å². The predicted octanol–water partition coefficient (Wildman–Crippen LogP) is 18.3. The van der Waals surface area contributed by atoms with Crippen molar-refractivity contribution in [2.24, 2.45) is 23.2 Å². The molecule has 2 aliphatic heterocycles. The van der Waals surface area contributed by atoms with Crippen LogP contribution in [0.3, 0.4) is 0 Å². The van der Waals surface area contributed by atoms with Crippen molar-refractivity contribution in [3.63, 3.8) is 0 Å². The SMILES string of the molecule is COc1ccc(CO[C@@H]2[C@H]([C@@H](C[C@@H](O[Si](C)(C)C(C)(C)C)[C@H](C)[C@@H](O[Si](C)(C)C(C)(C)C)[C@@H](C)/C=C(C)/C(C)=C/C=C/C(C)=C\C#N)OC)O[C@@]3(C[C@H](O[Si](C)(C)C(C)(C)C)[C@H](C)[C@@H](CCO[Si](C)(C)C(C)(C)C)O3)C2(C)C)cc1. The van der Waals surface area contributed by atoms with E-state index in [1.807, 2.05) is 38.3 Å². The first-order valence-electron chi connectivity index (χ1n) is 30.2. The smallest absolute Gasteiger partial charge is 0.192 e. The zero-order chi connectivity index (χ0) is 61.6. The maximum atomic E-state index is 9.18. The Morgan fingerprint density at radius 3 is 1.80 bits per heavy atom. The molecular formula is C66H119NO9Si4. The topological polar surface area (TPSA) is 107 Å². The molecule has 1 aromatic rings. The molecule has 0 radical (unpaired) electrons.